The van der Waals surface area contributed by atoms with E-state index in [1.165, 1.54) is 0 Å². The van der Waals surface area contributed by atoms with Crippen LogP contribution < -0.4 is 5.32 Å². The Kier molecular flexibility index (Phi) is 11.4. The van der Waals surface area contributed by atoms with Gasteiger partial charge in [0.05, 0.1) is 19.6 Å². The summed E-state index contributed by atoms with van der Waals surface area (Å²) in [7, 11) is 0.971. The Hall–Kier alpha value is -3.75. The monoisotopic (exact) mass is 533 g/mol. The molecule has 1 amide bonds. The van der Waals surface area contributed by atoms with Crippen LogP contribution in [0.1, 0.15) is 48.0 Å². The van der Waals surface area contributed by atoms with Gasteiger partial charge in [-0.3, -0.25) is 28.8 Å². The molecule has 0 radical (unpaired) electrons. The summed E-state index contributed by atoms with van der Waals surface area (Å²) in [5.74, 6) is -8.84. The Morgan fingerprint density at radius 2 is 1.46 bits per heavy atom. The van der Waals surface area contributed by atoms with Gasteiger partial charge < -0.3 is 38.5 Å². The number of carbonyl (C=O) groups is 7. The van der Waals surface area contributed by atoms with Crippen LogP contribution in [0.5, 0.6) is 0 Å². The normalized spacial score (nSPS) is 24.4. The van der Waals surface area contributed by atoms with Gasteiger partial charge in [0.25, 0.3) is 0 Å². The molecule has 0 saturated carbocycles. The molecular weight excluding hydrogens is 502 g/mol. The number of amides is 1. The number of hydrogen-bond acceptors (Lipinski definition) is 14. The van der Waals surface area contributed by atoms with Crippen molar-refractivity contribution >= 4 is 41.7 Å². The van der Waals surface area contributed by atoms with E-state index in [0.29, 0.717) is 0 Å². The molecule has 6 atom stereocenters. The highest BCUT2D eigenvalue weighted by Gasteiger charge is 2.60. The third-order valence-electron chi connectivity index (χ3n) is 4.80. The second kappa shape index (κ2) is 13.5. The fourth-order valence-corrected chi connectivity index (χ4v) is 3.74. The lowest BCUT2D eigenvalue weighted by atomic mass is 9.88. The van der Waals surface area contributed by atoms with Crippen molar-refractivity contribution in [1.29, 1.82) is 0 Å². The van der Waals surface area contributed by atoms with Gasteiger partial charge in [0, 0.05) is 41.5 Å². The molecule has 1 rings (SSSR count). The summed E-state index contributed by atoms with van der Waals surface area (Å²) in [5, 5.41) is 2.49. The summed E-state index contributed by atoms with van der Waals surface area (Å²) in [6.45, 7) is 5.60. The average Bonchev–Trinajstić information content (AvgIpc) is 2.74. The molecule has 1 heterocycles. The average molecular weight is 533 g/mol. The van der Waals surface area contributed by atoms with E-state index in [-0.39, 0.29) is 0 Å². The molecule has 1 saturated heterocycles. The molecule has 0 spiro atoms. The van der Waals surface area contributed by atoms with Crippen molar-refractivity contribution in [3.8, 4) is 0 Å². The van der Waals surface area contributed by atoms with Crippen molar-refractivity contribution in [2.24, 2.45) is 0 Å². The van der Waals surface area contributed by atoms with Crippen LogP contribution in [0.2, 0.25) is 0 Å². The van der Waals surface area contributed by atoms with E-state index in [9.17, 15) is 33.6 Å². The lowest BCUT2D eigenvalue weighted by Gasteiger charge is -2.48. The largest absolute Gasteiger partial charge is 0.464 e. The molecule has 0 aliphatic carbocycles. The van der Waals surface area contributed by atoms with Crippen LogP contribution in [-0.4, -0.2) is 91.7 Å². The highest BCUT2D eigenvalue weighted by Crippen LogP contribution is 2.37. The van der Waals surface area contributed by atoms with Gasteiger partial charge in [-0.05, 0) is 0 Å². The molecule has 0 aromatic heterocycles. The number of esters is 6. The van der Waals surface area contributed by atoms with Crippen molar-refractivity contribution in [1.82, 2.24) is 5.32 Å². The summed E-state index contributed by atoms with van der Waals surface area (Å²) >= 11 is 0. The zero-order valence-corrected chi connectivity index (χ0v) is 21.5. The molecule has 1 fully saturated rings. The molecule has 208 valence electrons. The lowest BCUT2D eigenvalue weighted by molar-refractivity contribution is -0.304. The Labute approximate surface area is 212 Å². The van der Waals surface area contributed by atoms with E-state index in [0.717, 1.165) is 48.7 Å². The van der Waals surface area contributed by atoms with Crippen LogP contribution in [-0.2, 0) is 66.7 Å². The summed E-state index contributed by atoms with van der Waals surface area (Å²) in [5.41, 5.74) is 0. The third-order valence-corrected chi connectivity index (χ3v) is 4.80. The van der Waals surface area contributed by atoms with E-state index < -0.39 is 91.0 Å². The maximum Gasteiger partial charge on any atom is 0.379 e. The molecule has 1 aliphatic rings. The molecular formula is C22H31NO14. The SMILES string of the molecule is COC(=O)[C@]1(OC(C)=O)C[C@@H](OC(C)=O)[C@@H](NC(C)=O)C([C@@H](OC(C)=O)[C@H](COC(C)=O)OC(C)=O)O1. The first-order valence-corrected chi connectivity index (χ1v) is 11.0. The molecule has 37 heavy (non-hydrogen) atoms. The second-order valence-corrected chi connectivity index (χ2v) is 8.02. The Balaban J connectivity index is 3.83. The highest BCUT2D eigenvalue weighted by molar-refractivity contribution is 5.82. The fraction of sp³-hybridized carbons (Fsp3) is 0.682. The zero-order chi connectivity index (χ0) is 28.5. The minimum Gasteiger partial charge on any atom is -0.464 e. The number of rotatable bonds is 10. The number of hydrogen-bond donors (Lipinski definition) is 1. The zero-order valence-electron chi connectivity index (χ0n) is 21.5. The van der Waals surface area contributed by atoms with Gasteiger partial charge in [0.2, 0.25) is 5.91 Å². The first-order chi connectivity index (χ1) is 17.1. The molecule has 15 nitrogen and oxygen atoms in total. The summed E-state index contributed by atoms with van der Waals surface area (Å²) in [6.07, 6.45) is -6.98. The molecule has 1 unspecified atom stereocenters. The minimum absolute atomic E-state index is 0.630. The number of nitrogens with one attached hydrogen (secondary N) is 1. The maximum absolute atomic E-state index is 12.8. The van der Waals surface area contributed by atoms with Crippen LogP contribution in [0.15, 0.2) is 0 Å². The quantitative estimate of drug-likeness (QED) is 0.267. The van der Waals surface area contributed by atoms with Gasteiger partial charge in [-0.2, -0.15) is 0 Å². The van der Waals surface area contributed by atoms with Gasteiger partial charge in [-0.25, -0.2) is 4.79 Å². The predicted octanol–water partition coefficient (Wildman–Crippen LogP) is -0.929. The van der Waals surface area contributed by atoms with Crippen molar-refractivity contribution in [3.63, 3.8) is 0 Å². The molecule has 0 aromatic rings. The minimum atomic E-state index is -2.54. The summed E-state index contributed by atoms with van der Waals surface area (Å²) < 4.78 is 36.6. The molecule has 0 aromatic carbocycles. The molecule has 1 aliphatic heterocycles. The molecule has 15 heteroatoms. The van der Waals surface area contributed by atoms with Crippen LogP contribution in [0, 0.1) is 0 Å². The van der Waals surface area contributed by atoms with Crippen molar-refractivity contribution in [2.45, 2.75) is 84.2 Å². The Bertz CT molecular complexity index is 917. The second-order valence-electron chi connectivity index (χ2n) is 8.02. The lowest BCUT2D eigenvalue weighted by Crippen LogP contribution is -2.69. The summed E-state index contributed by atoms with van der Waals surface area (Å²) in [4.78, 5) is 84.1. The Morgan fingerprint density at radius 3 is 1.89 bits per heavy atom. The molecule has 0 bridgehead atoms. The van der Waals surface area contributed by atoms with Crippen LogP contribution in [0.25, 0.3) is 0 Å². The summed E-state index contributed by atoms with van der Waals surface area (Å²) in [6, 6.07) is -1.35. The van der Waals surface area contributed by atoms with E-state index in [2.05, 4.69) is 5.32 Å². The first kappa shape index (κ1) is 31.3. The third kappa shape index (κ3) is 9.33. The maximum atomic E-state index is 12.8. The van der Waals surface area contributed by atoms with Crippen LogP contribution >= 0.6 is 0 Å². The van der Waals surface area contributed by atoms with Crippen LogP contribution in [0.4, 0.5) is 0 Å². The van der Waals surface area contributed by atoms with Gasteiger partial charge in [0.1, 0.15) is 18.8 Å². The van der Waals surface area contributed by atoms with Gasteiger partial charge >= 0.3 is 41.6 Å². The van der Waals surface area contributed by atoms with Crippen LogP contribution in [0.3, 0.4) is 0 Å². The Morgan fingerprint density at radius 1 is 0.865 bits per heavy atom. The molecule has 1 N–H and O–H groups in total. The predicted molar refractivity (Wildman–Crippen MR) is 117 cm³/mol. The number of methoxy groups -OCH3 is 1. The number of ether oxygens (including phenoxy) is 7. The van der Waals surface area contributed by atoms with Crippen molar-refractivity contribution in [2.75, 3.05) is 13.7 Å². The van der Waals surface area contributed by atoms with Crippen molar-refractivity contribution < 1.29 is 66.7 Å². The standard InChI is InChI=1S/C22H31NO14/c1-10(24)23-18-16(33-12(3)26)8-22(21(30)31-7,36-15(6)29)37-20(18)19(35-14(5)28)17(34-13(4)27)9-32-11(2)25/h16-20H,8-9H2,1-7H3,(H,23,24)/t16-,17+,18-,19+,20?,22+/m1/s1. The highest BCUT2D eigenvalue weighted by atomic mass is 16.8. The van der Waals surface area contributed by atoms with E-state index >= 15 is 0 Å². The van der Waals surface area contributed by atoms with E-state index in [4.69, 9.17) is 33.2 Å². The first-order valence-electron chi connectivity index (χ1n) is 11.0. The fourth-order valence-electron chi connectivity index (χ4n) is 3.74. The number of carbonyl (C=O) groups excluding carboxylic acids is 7. The van der Waals surface area contributed by atoms with E-state index in [1.54, 1.807) is 0 Å². The van der Waals surface area contributed by atoms with Gasteiger partial charge in [0.15, 0.2) is 12.2 Å². The topological polar surface area (TPSA) is 196 Å². The van der Waals surface area contributed by atoms with Gasteiger partial charge in [-0.1, -0.05) is 0 Å². The smallest absolute Gasteiger partial charge is 0.379 e. The van der Waals surface area contributed by atoms with Gasteiger partial charge in [-0.15, -0.1) is 0 Å². The van der Waals surface area contributed by atoms with E-state index in [1.807, 2.05) is 0 Å². The van der Waals surface area contributed by atoms with Crippen molar-refractivity contribution in [3.05, 3.63) is 0 Å².